The quantitative estimate of drug-likeness (QED) is 0.668. The summed E-state index contributed by atoms with van der Waals surface area (Å²) in [6.45, 7) is -0.216. The molecule has 0 atom stereocenters. The molecule has 0 radical (unpaired) electrons. The van der Waals surface area contributed by atoms with Crippen LogP contribution in [0.5, 0.6) is 11.8 Å². The number of aromatic nitrogens is 2. The van der Waals surface area contributed by atoms with Crippen LogP contribution in [0.3, 0.4) is 0 Å². The van der Waals surface area contributed by atoms with Gasteiger partial charge in [-0.25, -0.2) is 14.4 Å². The number of nitro groups is 1. The Kier molecular flexibility index (Phi) is 3.62. The predicted molar refractivity (Wildman–Crippen MR) is 61.1 cm³/mol. The molecular weight excluding hydrogens is 257 g/mol. The standard InChI is InChI=1S/C11H8FN3O4/c12-9-3-8(15(17)18)1-2-10(9)19-11-13-4-7(6-16)5-14-11/h1-5,16H,6H2. The summed E-state index contributed by atoms with van der Waals surface area (Å²) < 4.78 is 18.6. The Bertz CT molecular complexity index is 603. The van der Waals surface area contributed by atoms with Crippen molar-refractivity contribution >= 4 is 5.69 Å². The topological polar surface area (TPSA) is 98.4 Å². The number of aliphatic hydroxyl groups is 1. The van der Waals surface area contributed by atoms with E-state index in [1.54, 1.807) is 0 Å². The van der Waals surface area contributed by atoms with Crippen LogP contribution in [0, 0.1) is 15.9 Å². The van der Waals surface area contributed by atoms with Crippen molar-refractivity contribution in [2.24, 2.45) is 0 Å². The van der Waals surface area contributed by atoms with Gasteiger partial charge in [-0.15, -0.1) is 0 Å². The summed E-state index contributed by atoms with van der Waals surface area (Å²) in [5.41, 5.74) is 0.109. The SMILES string of the molecule is O=[N+]([O-])c1ccc(Oc2ncc(CO)cn2)c(F)c1. The third-order valence-electron chi connectivity index (χ3n) is 2.19. The van der Waals surface area contributed by atoms with E-state index in [9.17, 15) is 14.5 Å². The average Bonchev–Trinajstić information content (AvgIpc) is 2.41. The highest BCUT2D eigenvalue weighted by molar-refractivity contribution is 5.38. The molecule has 8 heteroatoms. The molecule has 0 spiro atoms. The van der Waals surface area contributed by atoms with Crippen LogP contribution in [0.15, 0.2) is 30.6 Å². The molecule has 1 aromatic heterocycles. The van der Waals surface area contributed by atoms with E-state index in [2.05, 4.69) is 9.97 Å². The zero-order valence-electron chi connectivity index (χ0n) is 9.49. The lowest BCUT2D eigenvalue weighted by Gasteiger charge is -2.04. The summed E-state index contributed by atoms with van der Waals surface area (Å²) in [5.74, 6) is -1.11. The van der Waals surface area contributed by atoms with E-state index in [0.717, 1.165) is 18.2 Å². The number of ether oxygens (including phenoxy) is 1. The van der Waals surface area contributed by atoms with E-state index < -0.39 is 10.7 Å². The molecule has 0 saturated carbocycles. The van der Waals surface area contributed by atoms with E-state index in [0.29, 0.717) is 5.56 Å². The highest BCUT2D eigenvalue weighted by Gasteiger charge is 2.13. The molecule has 0 amide bonds. The first kappa shape index (κ1) is 12.8. The number of hydrogen-bond donors (Lipinski definition) is 1. The maximum atomic E-state index is 13.5. The van der Waals surface area contributed by atoms with Gasteiger partial charge in [0.1, 0.15) is 0 Å². The van der Waals surface area contributed by atoms with Crippen molar-refractivity contribution < 1.29 is 19.2 Å². The van der Waals surface area contributed by atoms with E-state index in [4.69, 9.17) is 9.84 Å². The third kappa shape index (κ3) is 2.99. The minimum absolute atomic E-state index is 0.120. The second-order valence-corrected chi connectivity index (χ2v) is 3.51. The first-order valence-corrected chi connectivity index (χ1v) is 5.13. The molecule has 1 aromatic carbocycles. The lowest BCUT2D eigenvalue weighted by atomic mass is 10.3. The molecule has 7 nitrogen and oxygen atoms in total. The number of benzene rings is 1. The number of nitro benzene ring substituents is 1. The molecule has 0 bridgehead atoms. The first-order valence-electron chi connectivity index (χ1n) is 5.13. The molecular formula is C11H8FN3O4. The lowest BCUT2D eigenvalue weighted by Crippen LogP contribution is -1.96. The molecule has 1 N–H and O–H groups in total. The summed E-state index contributed by atoms with van der Waals surface area (Å²) in [6.07, 6.45) is 2.65. The summed E-state index contributed by atoms with van der Waals surface area (Å²) in [7, 11) is 0. The Hall–Kier alpha value is -2.61. The number of aliphatic hydroxyl groups excluding tert-OH is 1. The van der Waals surface area contributed by atoms with Crippen molar-refractivity contribution in [3.05, 3.63) is 52.1 Å². The number of halogens is 1. The predicted octanol–water partition coefficient (Wildman–Crippen LogP) is 1.81. The smallest absolute Gasteiger partial charge is 0.321 e. The number of rotatable bonds is 4. The molecule has 2 rings (SSSR count). The largest absolute Gasteiger partial charge is 0.421 e. The van der Waals surface area contributed by atoms with E-state index in [1.165, 1.54) is 12.4 Å². The van der Waals surface area contributed by atoms with Crippen LogP contribution in [0.4, 0.5) is 10.1 Å². The van der Waals surface area contributed by atoms with Crippen LogP contribution in [-0.2, 0) is 6.61 Å². The van der Waals surface area contributed by atoms with Crippen molar-refractivity contribution in [1.82, 2.24) is 9.97 Å². The Balaban J connectivity index is 2.20. The molecule has 98 valence electrons. The molecule has 0 aliphatic carbocycles. The molecule has 0 unspecified atom stereocenters. The van der Waals surface area contributed by atoms with Crippen molar-refractivity contribution in [2.75, 3.05) is 0 Å². The van der Waals surface area contributed by atoms with Gasteiger partial charge in [-0.05, 0) is 6.07 Å². The number of non-ortho nitro benzene ring substituents is 1. The fraction of sp³-hybridized carbons (Fsp3) is 0.0909. The second kappa shape index (κ2) is 5.36. The summed E-state index contributed by atoms with van der Waals surface area (Å²) >= 11 is 0. The summed E-state index contributed by atoms with van der Waals surface area (Å²) in [6, 6.07) is 2.86. The highest BCUT2D eigenvalue weighted by Crippen LogP contribution is 2.25. The number of nitrogens with zero attached hydrogens (tertiary/aromatic N) is 3. The lowest BCUT2D eigenvalue weighted by molar-refractivity contribution is -0.385. The van der Waals surface area contributed by atoms with Crippen molar-refractivity contribution in [2.45, 2.75) is 6.61 Å². The van der Waals surface area contributed by atoms with Crippen LogP contribution in [0.25, 0.3) is 0 Å². The maximum Gasteiger partial charge on any atom is 0.321 e. The second-order valence-electron chi connectivity index (χ2n) is 3.51. The van der Waals surface area contributed by atoms with Gasteiger partial charge in [-0.3, -0.25) is 10.1 Å². The zero-order chi connectivity index (χ0) is 13.8. The third-order valence-corrected chi connectivity index (χ3v) is 2.19. The summed E-state index contributed by atoms with van der Waals surface area (Å²) in [4.78, 5) is 17.2. The average molecular weight is 265 g/mol. The van der Waals surface area contributed by atoms with Gasteiger partial charge >= 0.3 is 6.01 Å². The molecule has 1 heterocycles. The summed E-state index contributed by atoms with van der Waals surface area (Å²) in [5, 5.41) is 19.2. The van der Waals surface area contributed by atoms with E-state index >= 15 is 0 Å². The molecule has 2 aromatic rings. The van der Waals surface area contributed by atoms with Crippen LogP contribution >= 0.6 is 0 Å². The van der Waals surface area contributed by atoms with Gasteiger partial charge in [0.25, 0.3) is 5.69 Å². The minimum atomic E-state index is -0.885. The Morgan fingerprint density at radius 3 is 2.58 bits per heavy atom. The van der Waals surface area contributed by atoms with Gasteiger partial charge < -0.3 is 9.84 Å². The first-order chi connectivity index (χ1) is 9.10. The van der Waals surface area contributed by atoms with Crippen LogP contribution in [0.1, 0.15) is 5.56 Å². The van der Waals surface area contributed by atoms with Crippen molar-refractivity contribution in [3.63, 3.8) is 0 Å². The minimum Gasteiger partial charge on any atom is -0.421 e. The van der Waals surface area contributed by atoms with Gasteiger partial charge in [0.2, 0.25) is 0 Å². The monoisotopic (exact) mass is 265 g/mol. The van der Waals surface area contributed by atoms with E-state index in [-0.39, 0.29) is 24.1 Å². The van der Waals surface area contributed by atoms with Gasteiger partial charge in [-0.2, -0.15) is 0 Å². The van der Waals surface area contributed by atoms with Crippen LogP contribution in [0.2, 0.25) is 0 Å². The Morgan fingerprint density at radius 1 is 1.37 bits per heavy atom. The molecule has 0 saturated heterocycles. The highest BCUT2D eigenvalue weighted by atomic mass is 19.1. The van der Waals surface area contributed by atoms with Gasteiger partial charge in [-0.1, -0.05) is 0 Å². The van der Waals surface area contributed by atoms with Gasteiger partial charge in [0, 0.05) is 24.0 Å². The molecule has 0 aliphatic rings. The Morgan fingerprint density at radius 2 is 2.05 bits per heavy atom. The fourth-order valence-electron chi connectivity index (χ4n) is 1.26. The van der Waals surface area contributed by atoms with Crippen LogP contribution < -0.4 is 4.74 Å². The Labute approximate surface area is 106 Å². The normalized spacial score (nSPS) is 10.2. The zero-order valence-corrected chi connectivity index (χ0v) is 9.49. The fourth-order valence-corrected chi connectivity index (χ4v) is 1.26. The molecule has 0 fully saturated rings. The van der Waals surface area contributed by atoms with Crippen molar-refractivity contribution in [3.8, 4) is 11.8 Å². The van der Waals surface area contributed by atoms with Gasteiger partial charge in [0.15, 0.2) is 11.6 Å². The maximum absolute atomic E-state index is 13.5. The number of hydrogen-bond acceptors (Lipinski definition) is 6. The molecule has 19 heavy (non-hydrogen) atoms. The van der Waals surface area contributed by atoms with Crippen molar-refractivity contribution in [1.29, 1.82) is 0 Å². The van der Waals surface area contributed by atoms with Gasteiger partial charge in [0.05, 0.1) is 17.6 Å². The van der Waals surface area contributed by atoms with E-state index in [1.807, 2.05) is 0 Å². The molecule has 0 aliphatic heterocycles. The van der Waals surface area contributed by atoms with Crippen LogP contribution in [-0.4, -0.2) is 20.0 Å².